The predicted molar refractivity (Wildman–Crippen MR) is 74.2 cm³/mol. The van der Waals surface area contributed by atoms with Crippen LogP contribution in [0, 0.1) is 13.8 Å². The van der Waals surface area contributed by atoms with Crippen LogP contribution in [0.3, 0.4) is 0 Å². The third-order valence-electron chi connectivity index (χ3n) is 2.47. The van der Waals surface area contributed by atoms with Crippen LogP contribution < -0.4 is 5.69 Å². The lowest BCUT2D eigenvalue weighted by atomic mass is 10.4. The Morgan fingerprint density at radius 2 is 1.68 bits per heavy atom. The van der Waals surface area contributed by atoms with Crippen LogP contribution in [0.5, 0.6) is 0 Å². The number of halogens is 1. The molecule has 102 valence electrons. The molecule has 0 spiro atoms. The van der Waals surface area contributed by atoms with Crippen molar-refractivity contribution in [2.75, 3.05) is 0 Å². The third kappa shape index (κ3) is 2.85. The molecule has 0 atom stereocenters. The van der Waals surface area contributed by atoms with Gasteiger partial charge in [-0.25, -0.2) is 13.2 Å². The second-order valence-electron chi connectivity index (χ2n) is 3.90. The fourth-order valence-electron chi connectivity index (χ4n) is 1.73. The van der Waals surface area contributed by atoms with E-state index in [-0.39, 0.29) is 17.3 Å². The quantitative estimate of drug-likeness (QED) is 0.843. The second kappa shape index (κ2) is 5.54. The van der Waals surface area contributed by atoms with Gasteiger partial charge in [0.15, 0.2) is 0 Å². The fraction of sp³-hybridized carbons (Fsp3) is 0.167. The van der Waals surface area contributed by atoms with Gasteiger partial charge in [0.05, 0.1) is 4.90 Å². The second-order valence-corrected chi connectivity index (χ2v) is 5.69. The molecule has 0 saturated heterocycles. The van der Waals surface area contributed by atoms with Gasteiger partial charge >= 0.3 is 5.69 Å². The summed E-state index contributed by atoms with van der Waals surface area (Å²) in [6, 6.07) is 9.37. The van der Waals surface area contributed by atoms with Crippen molar-refractivity contribution in [1.29, 1.82) is 0 Å². The van der Waals surface area contributed by atoms with Gasteiger partial charge in [-0.3, -0.25) is 0 Å². The summed E-state index contributed by atoms with van der Waals surface area (Å²) in [4.78, 5) is 15.5. The highest BCUT2D eigenvalue weighted by atomic mass is 35.5. The standard InChI is InChI=1S/C12H12N2O3S.ClH/c1-9-8-10(2)14(12(15)13-9)18(16,17)11-6-4-3-5-7-11;/h3-8H,1-2H3;1H. The van der Waals surface area contributed by atoms with Crippen molar-refractivity contribution in [1.82, 2.24) is 8.96 Å². The smallest absolute Gasteiger partial charge is 0.245 e. The molecule has 0 amide bonds. The Morgan fingerprint density at radius 3 is 2.21 bits per heavy atom. The van der Waals surface area contributed by atoms with Crippen molar-refractivity contribution in [3.8, 4) is 0 Å². The van der Waals surface area contributed by atoms with Crippen molar-refractivity contribution < 1.29 is 8.42 Å². The molecule has 0 fully saturated rings. The van der Waals surface area contributed by atoms with Gasteiger partial charge in [0.1, 0.15) is 0 Å². The van der Waals surface area contributed by atoms with Gasteiger partial charge in [0.2, 0.25) is 0 Å². The fourth-order valence-corrected chi connectivity index (χ4v) is 3.12. The van der Waals surface area contributed by atoms with E-state index in [0.29, 0.717) is 11.4 Å². The lowest BCUT2D eigenvalue weighted by Crippen LogP contribution is -2.31. The highest BCUT2D eigenvalue weighted by Gasteiger charge is 2.20. The maximum atomic E-state index is 12.3. The van der Waals surface area contributed by atoms with E-state index in [1.807, 2.05) is 0 Å². The Morgan fingerprint density at radius 1 is 1.11 bits per heavy atom. The van der Waals surface area contributed by atoms with Gasteiger partial charge in [-0.15, -0.1) is 12.4 Å². The summed E-state index contributed by atoms with van der Waals surface area (Å²) in [5, 5.41) is 0. The van der Waals surface area contributed by atoms with E-state index in [2.05, 4.69) is 4.98 Å². The first-order valence-corrected chi connectivity index (χ1v) is 6.75. The Hall–Kier alpha value is -1.66. The first-order valence-electron chi connectivity index (χ1n) is 5.31. The molecule has 2 aromatic rings. The molecular weight excluding hydrogens is 288 g/mol. The van der Waals surface area contributed by atoms with E-state index in [4.69, 9.17) is 0 Å². The summed E-state index contributed by atoms with van der Waals surface area (Å²) >= 11 is 0. The molecule has 0 aliphatic rings. The van der Waals surface area contributed by atoms with Crippen molar-refractivity contribution in [2.45, 2.75) is 18.7 Å². The van der Waals surface area contributed by atoms with Crippen LogP contribution in [0.15, 0.2) is 46.1 Å². The van der Waals surface area contributed by atoms with Crippen LogP contribution in [-0.2, 0) is 10.0 Å². The molecule has 0 N–H and O–H groups in total. The van der Waals surface area contributed by atoms with Gasteiger partial charge in [0, 0.05) is 11.4 Å². The minimum atomic E-state index is -3.88. The van der Waals surface area contributed by atoms with Crippen LogP contribution in [0.2, 0.25) is 0 Å². The molecule has 0 aliphatic heterocycles. The van der Waals surface area contributed by atoms with Crippen molar-refractivity contribution >= 4 is 22.4 Å². The minimum absolute atomic E-state index is 0. The summed E-state index contributed by atoms with van der Waals surface area (Å²) in [5.74, 6) is 0. The number of rotatable bonds is 2. The summed E-state index contributed by atoms with van der Waals surface area (Å²) in [6.45, 7) is 3.21. The summed E-state index contributed by atoms with van der Waals surface area (Å²) in [7, 11) is -3.88. The molecule has 1 heterocycles. The van der Waals surface area contributed by atoms with Crippen LogP contribution in [-0.4, -0.2) is 17.4 Å². The van der Waals surface area contributed by atoms with Crippen molar-refractivity contribution in [3.05, 3.63) is 58.3 Å². The number of nitrogens with zero attached hydrogens (tertiary/aromatic N) is 2. The summed E-state index contributed by atoms with van der Waals surface area (Å²) < 4.78 is 25.3. The predicted octanol–water partition coefficient (Wildman–Crippen LogP) is 1.52. The number of benzene rings is 1. The number of aromatic nitrogens is 2. The molecular formula is C12H13ClN2O3S. The zero-order valence-corrected chi connectivity index (χ0v) is 12.0. The summed E-state index contributed by atoms with van der Waals surface area (Å²) in [6.07, 6.45) is 0. The van der Waals surface area contributed by atoms with Crippen LogP contribution >= 0.6 is 12.4 Å². The van der Waals surface area contributed by atoms with Gasteiger partial charge < -0.3 is 0 Å². The first kappa shape index (κ1) is 15.4. The highest BCUT2D eigenvalue weighted by molar-refractivity contribution is 7.90. The molecule has 0 aliphatic carbocycles. The average Bonchev–Trinajstić information content (AvgIpc) is 2.28. The van der Waals surface area contributed by atoms with E-state index in [9.17, 15) is 13.2 Å². The van der Waals surface area contributed by atoms with Crippen LogP contribution in [0.25, 0.3) is 0 Å². The molecule has 1 aromatic heterocycles. The zero-order valence-electron chi connectivity index (χ0n) is 10.4. The molecule has 0 saturated carbocycles. The van der Waals surface area contributed by atoms with E-state index >= 15 is 0 Å². The normalized spacial score (nSPS) is 10.8. The van der Waals surface area contributed by atoms with Crippen LogP contribution in [0.1, 0.15) is 11.4 Å². The van der Waals surface area contributed by atoms with Gasteiger partial charge in [0.25, 0.3) is 10.0 Å². The maximum absolute atomic E-state index is 12.3. The average molecular weight is 301 g/mol. The van der Waals surface area contributed by atoms with Crippen molar-refractivity contribution in [2.24, 2.45) is 0 Å². The SMILES string of the molecule is Cc1cc(C)n(S(=O)(=O)c2ccccc2)c(=O)n1.Cl. The lowest BCUT2D eigenvalue weighted by Gasteiger charge is -2.10. The molecule has 19 heavy (non-hydrogen) atoms. The molecule has 0 unspecified atom stereocenters. The van der Waals surface area contributed by atoms with Gasteiger partial charge in [-0.1, -0.05) is 18.2 Å². The van der Waals surface area contributed by atoms with Crippen molar-refractivity contribution in [3.63, 3.8) is 0 Å². The molecule has 0 radical (unpaired) electrons. The Labute approximate surface area is 117 Å². The monoisotopic (exact) mass is 300 g/mol. The Kier molecular flexibility index (Phi) is 4.49. The largest absolute Gasteiger partial charge is 0.362 e. The Bertz CT molecular complexity index is 739. The lowest BCUT2D eigenvalue weighted by molar-refractivity contribution is 0.582. The van der Waals surface area contributed by atoms with Crippen LogP contribution in [0.4, 0.5) is 0 Å². The number of aryl methyl sites for hydroxylation is 2. The first-order chi connectivity index (χ1) is 8.43. The van der Waals surface area contributed by atoms with E-state index < -0.39 is 15.7 Å². The molecule has 2 rings (SSSR count). The number of hydrogen-bond acceptors (Lipinski definition) is 4. The topological polar surface area (TPSA) is 69.0 Å². The highest BCUT2D eigenvalue weighted by Crippen LogP contribution is 2.12. The van der Waals surface area contributed by atoms with Gasteiger partial charge in [-0.2, -0.15) is 8.96 Å². The third-order valence-corrected chi connectivity index (χ3v) is 4.26. The van der Waals surface area contributed by atoms with E-state index in [1.54, 1.807) is 38.1 Å². The number of hydrogen-bond donors (Lipinski definition) is 0. The zero-order chi connectivity index (χ0) is 13.3. The minimum Gasteiger partial charge on any atom is -0.245 e. The van der Waals surface area contributed by atoms with E-state index in [1.165, 1.54) is 12.1 Å². The maximum Gasteiger partial charge on any atom is 0.362 e. The molecule has 1 aromatic carbocycles. The molecule has 5 nitrogen and oxygen atoms in total. The molecule has 7 heteroatoms. The molecule has 0 bridgehead atoms. The van der Waals surface area contributed by atoms with Gasteiger partial charge in [-0.05, 0) is 32.0 Å². The summed E-state index contributed by atoms with van der Waals surface area (Å²) in [5.41, 5.74) is 0.0599. The Balaban J connectivity index is 0.00000180. The van der Waals surface area contributed by atoms with E-state index in [0.717, 1.165) is 3.97 Å².